The number of rotatable bonds is 6. The minimum atomic E-state index is -4.43. The van der Waals surface area contributed by atoms with Crippen molar-refractivity contribution in [1.29, 1.82) is 0 Å². The van der Waals surface area contributed by atoms with E-state index in [0.29, 0.717) is 30.0 Å². The van der Waals surface area contributed by atoms with E-state index in [9.17, 15) is 22.8 Å². The summed E-state index contributed by atoms with van der Waals surface area (Å²) in [6, 6.07) is 11.2. The van der Waals surface area contributed by atoms with Gasteiger partial charge in [-0.05, 0) is 86.4 Å². The molecule has 7 atom stereocenters. The summed E-state index contributed by atoms with van der Waals surface area (Å²) in [5.74, 6) is 6.95. The molecule has 2 bridgehead atoms. The van der Waals surface area contributed by atoms with Crippen LogP contribution in [0.5, 0.6) is 5.75 Å². The van der Waals surface area contributed by atoms with E-state index >= 15 is 0 Å². The molecule has 2 aromatic carbocycles. The number of alkyl halides is 3. The molecule has 2 unspecified atom stereocenters. The number of benzene rings is 2. The Hall–Kier alpha value is -3.51. The number of piperidine rings is 1. The molecule has 0 aromatic heterocycles. The van der Waals surface area contributed by atoms with Crippen LogP contribution in [0.4, 0.5) is 13.2 Å². The summed E-state index contributed by atoms with van der Waals surface area (Å²) in [7, 11) is 0. The van der Waals surface area contributed by atoms with E-state index in [-0.39, 0.29) is 41.5 Å². The van der Waals surface area contributed by atoms with Crippen molar-refractivity contribution in [3.8, 4) is 17.6 Å². The third kappa shape index (κ3) is 5.29. The molecule has 2 aromatic rings. The van der Waals surface area contributed by atoms with Gasteiger partial charge in [0.25, 0.3) is 5.91 Å². The number of carbonyl (C=O) groups is 2. The van der Waals surface area contributed by atoms with Crippen molar-refractivity contribution in [1.82, 2.24) is 9.80 Å². The first-order valence-electron chi connectivity index (χ1n) is 16.2. The average molecular weight is 621 g/mol. The summed E-state index contributed by atoms with van der Waals surface area (Å²) in [4.78, 5) is 29.8. The number of halogens is 3. The first-order valence-corrected chi connectivity index (χ1v) is 16.2. The maximum absolute atomic E-state index is 13.8. The van der Waals surface area contributed by atoms with Gasteiger partial charge in [-0.25, -0.2) is 0 Å². The number of hydrogen-bond donors (Lipinski definition) is 0. The van der Waals surface area contributed by atoms with Gasteiger partial charge in [0.05, 0.1) is 11.6 Å². The van der Waals surface area contributed by atoms with Gasteiger partial charge in [0.15, 0.2) is 0 Å². The Morgan fingerprint density at radius 2 is 1.93 bits per heavy atom. The summed E-state index contributed by atoms with van der Waals surface area (Å²) >= 11 is 0. The number of hydrogen-bond acceptors (Lipinski definition) is 5. The second-order valence-electron chi connectivity index (χ2n) is 14.0. The van der Waals surface area contributed by atoms with E-state index in [2.05, 4.69) is 48.8 Å². The zero-order valence-corrected chi connectivity index (χ0v) is 25.9. The predicted octanol–water partition coefficient (Wildman–Crippen LogP) is 5.60. The highest BCUT2D eigenvalue weighted by atomic mass is 19.4. The fourth-order valence-corrected chi connectivity index (χ4v) is 8.89. The highest BCUT2D eigenvalue weighted by Gasteiger charge is 2.66. The Labute approximate surface area is 262 Å². The maximum Gasteiger partial charge on any atom is 0.416 e. The van der Waals surface area contributed by atoms with Crippen LogP contribution in [0.15, 0.2) is 42.5 Å². The third-order valence-corrected chi connectivity index (χ3v) is 10.7. The van der Waals surface area contributed by atoms with E-state index in [0.717, 1.165) is 63.1 Å². The quantitative estimate of drug-likeness (QED) is 0.311. The largest absolute Gasteiger partial charge is 0.487 e. The molecule has 7 rings (SSSR count). The molecule has 0 N–H and O–H groups in total. The number of nitrogens with zero attached hydrogens (tertiary/aromatic N) is 2. The molecule has 1 saturated heterocycles. The molecule has 2 aliphatic heterocycles. The average Bonchev–Trinajstić information content (AvgIpc) is 3.61. The van der Waals surface area contributed by atoms with Crippen LogP contribution in [0, 0.1) is 29.6 Å². The van der Waals surface area contributed by atoms with Crippen LogP contribution < -0.4 is 4.74 Å². The van der Waals surface area contributed by atoms with Gasteiger partial charge in [0.1, 0.15) is 18.0 Å². The Kier molecular flexibility index (Phi) is 7.43. The van der Waals surface area contributed by atoms with Crippen LogP contribution in [0.3, 0.4) is 0 Å². The Morgan fingerprint density at radius 1 is 1.16 bits per heavy atom. The fraction of sp³-hybridized carbons (Fsp3) is 0.556. The Morgan fingerprint density at radius 3 is 2.64 bits per heavy atom. The van der Waals surface area contributed by atoms with Gasteiger partial charge in [-0.15, -0.1) is 0 Å². The van der Waals surface area contributed by atoms with E-state index in [4.69, 9.17) is 9.47 Å². The SMILES string of the molecule is CC(=O)OC1CC1CN1CC[C@]23c4c5cccc4O[C@H]2[C@H](N(CC(C)C)C(=O)C#Cc2ccc(C(F)(F)F)cc2)CC[C@H]3[C@H]1C5. The number of likely N-dealkylation sites (tertiary alicyclic amines) is 1. The van der Waals surface area contributed by atoms with E-state index in [1.165, 1.54) is 30.2 Å². The van der Waals surface area contributed by atoms with Crippen LogP contribution in [0.1, 0.15) is 68.7 Å². The lowest BCUT2D eigenvalue weighted by molar-refractivity contribution is -0.143. The number of amides is 1. The first-order chi connectivity index (χ1) is 21.5. The first kappa shape index (κ1) is 30.2. The minimum Gasteiger partial charge on any atom is -0.487 e. The highest BCUT2D eigenvalue weighted by molar-refractivity contribution is 5.94. The molecule has 2 saturated carbocycles. The maximum atomic E-state index is 13.8. The van der Waals surface area contributed by atoms with Crippen LogP contribution >= 0.6 is 0 Å². The summed E-state index contributed by atoms with van der Waals surface area (Å²) in [6.45, 7) is 8.00. The Balaban J connectivity index is 1.17. The second kappa shape index (κ2) is 11.1. The van der Waals surface area contributed by atoms with Gasteiger partial charge in [0, 0.05) is 54.4 Å². The van der Waals surface area contributed by atoms with Crippen LogP contribution in [0.25, 0.3) is 0 Å². The topological polar surface area (TPSA) is 59.1 Å². The third-order valence-electron chi connectivity index (χ3n) is 10.7. The molecule has 1 spiro atoms. The number of carbonyl (C=O) groups excluding carboxylic acids is 2. The van der Waals surface area contributed by atoms with E-state index in [1.807, 2.05) is 4.90 Å². The van der Waals surface area contributed by atoms with Crippen molar-refractivity contribution in [2.45, 2.75) is 88.8 Å². The molecule has 45 heavy (non-hydrogen) atoms. The lowest BCUT2D eigenvalue weighted by Crippen LogP contribution is -2.69. The Bertz CT molecular complexity index is 1560. The van der Waals surface area contributed by atoms with Crippen LogP contribution in [-0.2, 0) is 32.3 Å². The van der Waals surface area contributed by atoms with Gasteiger partial charge in [-0.1, -0.05) is 31.9 Å². The molecular formula is C36H39F3N2O4. The molecule has 238 valence electrons. The summed E-state index contributed by atoms with van der Waals surface area (Å²) < 4.78 is 51.4. The molecular weight excluding hydrogens is 581 g/mol. The zero-order valence-electron chi connectivity index (χ0n) is 25.9. The van der Waals surface area contributed by atoms with E-state index in [1.54, 1.807) is 0 Å². The van der Waals surface area contributed by atoms with Crippen molar-refractivity contribution in [2.24, 2.45) is 17.8 Å². The predicted molar refractivity (Wildman–Crippen MR) is 161 cm³/mol. The molecule has 9 heteroatoms. The van der Waals surface area contributed by atoms with Crippen molar-refractivity contribution in [2.75, 3.05) is 19.6 Å². The summed E-state index contributed by atoms with van der Waals surface area (Å²) in [5.41, 5.74) is 2.10. The smallest absolute Gasteiger partial charge is 0.416 e. The normalized spacial score (nSPS) is 30.9. The van der Waals surface area contributed by atoms with Gasteiger partial charge in [0.2, 0.25) is 0 Å². The number of esters is 1. The molecule has 3 fully saturated rings. The lowest BCUT2D eigenvalue weighted by Gasteiger charge is -2.60. The lowest BCUT2D eigenvalue weighted by atomic mass is 9.51. The van der Waals surface area contributed by atoms with Crippen LogP contribution in [-0.4, -0.2) is 65.6 Å². The standard InChI is InChI=1S/C36H39F3N2O4/c1-21(2)19-41(32(43)14-9-23-7-10-26(11-8-23)36(37,38)39)28-13-12-27-29-17-24-5-4-6-30-33(24)35(27,34(28)45-30)15-16-40(29)20-25-18-31(25)44-22(3)42/h4-8,10-11,21,25,27-29,31,34H,12-13,15-20H2,1-3H3/t25?,27-,28+,29+,31?,34-,35-/m0/s1. The molecule has 0 radical (unpaired) electrons. The molecule has 3 aliphatic carbocycles. The number of ether oxygens (including phenoxy) is 2. The van der Waals surface area contributed by atoms with Crippen molar-refractivity contribution >= 4 is 11.9 Å². The second-order valence-corrected chi connectivity index (χ2v) is 14.0. The highest BCUT2D eigenvalue weighted by Crippen LogP contribution is 2.63. The molecule has 6 nitrogen and oxygen atoms in total. The van der Waals surface area contributed by atoms with Crippen molar-refractivity contribution in [3.05, 3.63) is 64.7 Å². The van der Waals surface area contributed by atoms with Gasteiger partial charge >= 0.3 is 12.1 Å². The molecule has 2 heterocycles. The summed E-state index contributed by atoms with van der Waals surface area (Å²) in [6.07, 6.45) is -0.00452. The summed E-state index contributed by atoms with van der Waals surface area (Å²) in [5, 5.41) is 0. The molecule has 1 amide bonds. The van der Waals surface area contributed by atoms with Gasteiger partial charge in [-0.2, -0.15) is 13.2 Å². The monoisotopic (exact) mass is 620 g/mol. The van der Waals surface area contributed by atoms with Crippen molar-refractivity contribution < 1.29 is 32.2 Å². The minimum absolute atomic E-state index is 0.0263. The van der Waals surface area contributed by atoms with Crippen molar-refractivity contribution in [3.63, 3.8) is 0 Å². The molecule has 5 aliphatic rings. The fourth-order valence-electron chi connectivity index (χ4n) is 8.89. The zero-order chi connectivity index (χ0) is 31.7. The van der Waals surface area contributed by atoms with Crippen LogP contribution in [0.2, 0.25) is 0 Å². The van der Waals surface area contributed by atoms with Gasteiger partial charge in [-0.3, -0.25) is 14.5 Å². The van der Waals surface area contributed by atoms with E-state index < -0.39 is 11.7 Å². The van der Waals surface area contributed by atoms with Gasteiger partial charge < -0.3 is 14.4 Å².